The summed E-state index contributed by atoms with van der Waals surface area (Å²) in [6.07, 6.45) is 5.15. The van der Waals surface area contributed by atoms with Crippen LogP contribution in [0.5, 0.6) is 0 Å². The van der Waals surface area contributed by atoms with Gasteiger partial charge in [0.1, 0.15) is 11.5 Å². The number of nitrogens with zero attached hydrogens (tertiary/aromatic N) is 4. The summed E-state index contributed by atoms with van der Waals surface area (Å²) in [5.74, 6) is -0.181. The van der Waals surface area contributed by atoms with Gasteiger partial charge < -0.3 is 10.3 Å². The molecule has 0 aliphatic heterocycles. The predicted molar refractivity (Wildman–Crippen MR) is 139 cm³/mol. The number of rotatable bonds is 5. The molecular weight excluding hydrogens is 477 g/mol. The third-order valence-electron chi connectivity index (χ3n) is 5.94. The average Bonchev–Trinajstić information content (AvgIpc) is 3.62. The van der Waals surface area contributed by atoms with Gasteiger partial charge >= 0.3 is 0 Å². The maximum atomic E-state index is 16.0. The van der Waals surface area contributed by atoms with Gasteiger partial charge in [0.2, 0.25) is 5.91 Å². The summed E-state index contributed by atoms with van der Waals surface area (Å²) in [6.45, 7) is 3.82. The van der Waals surface area contributed by atoms with Crippen molar-refractivity contribution in [1.82, 2.24) is 30.1 Å². The van der Waals surface area contributed by atoms with Gasteiger partial charge in [-0.1, -0.05) is 6.92 Å². The second-order valence-electron chi connectivity index (χ2n) is 8.34. The summed E-state index contributed by atoms with van der Waals surface area (Å²) < 4.78 is 16.0. The van der Waals surface area contributed by atoms with E-state index in [2.05, 4.69) is 54.5 Å². The Balaban J connectivity index is 1.47. The second-order valence-corrected chi connectivity index (χ2v) is 9.63. The van der Waals surface area contributed by atoms with Crippen LogP contribution in [0.25, 0.3) is 55.2 Å². The number of hydrogen-bond acceptors (Lipinski definition) is 6. The van der Waals surface area contributed by atoms with Gasteiger partial charge in [-0.15, -0.1) is 11.3 Å². The molecule has 0 spiro atoms. The van der Waals surface area contributed by atoms with Crippen molar-refractivity contribution < 1.29 is 9.18 Å². The van der Waals surface area contributed by atoms with Gasteiger partial charge in [-0.3, -0.25) is 14.9 Å². The molecule has 5 aromatic heterocycles. The molecule has 0 aliphatic rings. The van der Waals surface area contributed by atoms with Crippen LogP contribution in [0.1, 0.15) is 18.2 Å². The number of nitrogens with one attached hydrogen (secondary N) is 3. The van der Waals surface area contributed by atoms with Crippen molar-refractivity contribution in [2.24, 2.45) is 0 Å². The molecule has 8 nitrogen and oxygen atoms in total. The Kier molecular flexibility index (Phi) is 5.30. The maximum absolute atomic E-state index is 16.0. The first-order valence-electron chi connectivity index (χ1n) is 11.4. The molecule has 0 fully saturated rings. The molecule has 1 aromatic carbocycles. The molecule has 178 valence electrons. The van der Waals surface area contributed by atoms with Crippen molar-refractivity contribution in [1.29, 1.82) is 0 Å². The van der Waals surface area contributed by atoms with Gasteiger partial charge in [0, 0.05) is 45.3 Å². The predicted octanol–water partition coefficient (Wildman–Crippen LogP) is 6.09. The largest absolute Gasteiger partial charge is 0.335 e. The Morgan fingerprint density at radius 2 is 2.03 bits per heavy atom. The number of H-pyrrole nitrogens is 2. The summed E-state index contributed by atoms with van der Waals surface area (Å²) >= 11 is 1.68. The van der Waals surface area contributed by atoms with Crippen molar-refractivity contribution in [3.05, 3.63) is 65.7 Å². The van der Waals surface area contributed by atoms with E-state index in [4.69, 9.17) is 0 Å². The Bertz CT molecular complexity index is 1770. The number of imidazole rings is 1. The van der Waals surface area contributed by atoms with Crippen LogP contribution in [0.15, 0.2) is 55.0 Å². The van der Waals surface area contributed by atoms with Crippen molar-refractivity contribution in [2.45, 2.75) is 20.3 Å². The smallest absolute Gasteiger partial charge is 0.224 e. The van der Waals surface area contributed by atoms with Gasteiger partial charge in [0.15, 0.2) is 11.5 Å². The molecule has 0 aliphatic carbocycles. The zero-order valence-corrected chi connectivity index (χ0v) is 20.2. The number of benzene rings is 1. The van der Waals surface area contributed by atoms with Gasteiger partial charge in [0.05, 0.1) is 28.3 Å². The minimum absolute atomic E-state index is 0.141. The fourth-order valence-corrected chi connectivity index (χ4v) is 5.08. The molecule has 36 heavy (non-hydrogen) atoms. The minimum Gasteiger partial charge on any atom is -0.335 e. The summed E-state index contributed by atoms with van der Waals surface area (Å²) in [4.78, 5) is 30.6. The zero-order valence-electron chi connectivity index (χ0n) is 19.4. The lowest BCUT2D eigenvalue weighted by Gasteiger charge is -2.08. The summed E-state index contributed by atoms with van der Waals surface area (Å²) in [5.41, 5.74) is 4.57. The number of aromatic amines is 2. The number of halogens is 1. The van der Waals surface area contributed by atoms with E-state index in [1.165, 1.54) is 11.1 Å². The Morgan fingerprint density at radius 3 is 2.83 bits per heavy atom. The molecule has 1 amide bonds. The SMILES string of the molecule is CCC(=O)Nc1cncc(-c2ccc3[nH]nc(-c4nc5nccc(-c6ccc(C)s6)c5[nH]4)c3c2F)c1. The Hall–Kier alpha value is -4.44. The molecular formula is C26H20FN7OS. The third-order valence-corrected chi connectivity index (χ3v) is 6.98. The first-order chi connectivity index (χ1) is 17.5. The molecule has 5 heterocycles. The number of amides is 1. The quantitative estimate of drug-likeness (QED) is 0.267. The van der Waals surface area contributed by atoms with Crippen molar-refractivity contribution in [3.8, 4) is 33.1 Å². The van der Waals surface area contributed by atoms with Crippen molar-refractivity contribution >= 4 is 45.0 Å². The monoisotopic (exact) mass is 497 g/mol. The number of pyridine rings is 2. The molecule has 10 heteroatoms. The van der Waals surface area contributed by atoms with Gasteiger partial charge in [-0.25, -0.2) is 14.4 Å². The summed E-state index contributed by atoms with van der Waals surface area (Å²) in [7, 11) is 0. The first-order valence-corrected chi connectivity index (χ1v) is 12.2. The Labute approximate surface area is 208 Å². The second kappa shape index (κ2) is 8.65. The van der Waals surface area contributed by atoms with Crippen LogP contribution in [0, 0.1) is 12.7 Å². The number of aryl methyl sites for hydroxylation is 1. The van der Waals surface area contributed by atoms with Crippen LogP contribution in [0.4, 0.5) is 10.1 Å². The number of hydrogen-bond donors (Lipinski definition) is 3. The summed E-state index contributed by atoms with van der Waals surface area (Å²) in [5, 5.41) is 10.3. The highest BCUT2D eigenvalue weighted by atomic mass is 32.1. The number of aromatic nitrogens is 6. The van der Waals surface area contributed by atoms with E-state index < -0.39 is 5.82 Å². The lowest BCUT2D eigenvalue weighted by Crippen LogP contribution is -2.09. The van der Waals surface area contributed by atoms with Crippen LogP contribution in [0.3, 0.4) is 0 Å². The first kappa shape index (κ1) is 22.1. The molecule has 0 atom stereocenters. The topological polar surface area (TPSA) is 112 Å². The number of anilines is 1. The molecule has 6 rings (SSSR count). The molecule has 3 N–H and O–H groups in total. The number of thiophene rings is 1. The fourth-order valence-electron chi connectivity index (χ4n) is 4.18. The molecule has 6 aromatic rings. The standard InChI is InChI=1S/C26H20FN7OS/c1-3-20(35)30-15-10-14(11-28-12-15)16-5-6-18-21(22(16)27)24(34-33-18)26-31-23-17(8-9-29-25(23)32-26)19-7-4-13(2)36-19/h4-12H,3H2,1-2H3,(H,30,35)(H,33,34)(H,29,31,32). The van der Waals surface area contributed by atoms with E-state index in [9.17, 15) is 4.79 Å². The zero-order chi connectivity index (χ0) is 24.8. The maximum Gasteiger partial charge on any atom is 0.224 e. The summed E-state index contributed by atoms with van der Waals surface area (Å²) in [6, 6.07) is 11.2. The van der Waals surface area contributed by atoms with E-state index in [1.807, 2.05) is 6.07 Å². The van der Waals surface area contributed by atoms with E-state index in [1.54, 1.807) is 48.9 Å². The lowest BCUT2D eigenvalue weighted by atomic mass is 10.0. The molecule has 0 unspecified atom stereocenters. The highest BCUT2D eigenvalue weighted by molar-refractivity contribution is 7.15. The highest BCUT2D eigenvalue weighted by Gasteiger charge is 2.21. The van der Waals surface area contributed by atoms with Crippen LogP contribution in [-0.2, 0) is 4.79 Å². The third kappa shape index (κ3) is 3.72. The van der Waals surface area contributed by atoms with Crippen LogP contribution in [-0.4, -0.2) is 36.0 Å². The normalized spacial score (nSPS) is 11.4. The number of fused-ring (bicyclic) bond motifs is 2. The van der Waals surface area contributed by atoms with E-state index in [0.717, 1.165) is 16.0 Å². The van der Waals surface area contributed by atoms with Crippen molar-refractivity contribution in [3.63, 3.8) is 0 Å². The van der Waals surface area contributed by atoms with E-state index in [-0.39, 0.29) is 5.91 Å². The van der Waals surface area contributed by atoms with Gasteiger partial charge in [-0.2, -0.15) is 5.10 Å². The van der Waals surface area contributed by atoms with Crippen molar-refractivity contribution in [2.75, 3.05) is 5.32 Å². The number of carbonyl (C=O) groups is 1. The highest BCUT2D eigenvalue weighted by Crippen LogP contribution is 2.36. The molecule has 0 saturated heterocycles. The minimum atomic E-state index is -0.459. The van der Waals surface area contributed by atoms with Gasteiger partial charge in [0.25, 0.3) is 0 Å². The molecule has 0 saturated carbocycles. The van der Waals surface area contributed by atoms with Crippen LogP contribution < -0.4 is 5.32 Å². The van der Waals surface area contributed by atoms with E-state index in [0.29, 0.717) is 51.3 Å². The van der Waals surface area contributed by atoms with Crippen LogP contribution in [0.2, 0.25) is 0 Å². The lowest BCUT2D eigenvalue weighted by molar-refractivity contribution is -0.115. The number of carbonyl (C=O) groups excluding carboxylic acids is 1. The fraction of sp³-hybridized carbons (Fsp3) is 0.115. The Morgan fingerprint density at radius 1 is 1.14 bits per heavy atom. The molecule has 0 radical (unpaired) electrons. The van der Waals surface area contributed by atoms with Crippen LogP contribution >= 0.6 is 11.3 Å². The van der Waals surface area contributed by atoms with Gasteiger partial charge in [-0.05, 0) is 43.3 Å². The molecule has 0 bridgehead atoms. The van der Waals surface area contributed by atoms with E-state index >= 15 is 4.39 Å². The average molecular weight is 498 g/mol.